The molecule has 0 aliphatic heterocycles. The molecule has 0 radical (unpaired) electrons. The molecule has 7 nitrogen and oxygen atoms in total. The summed E-state index contributed by atoms with van der Waals surface area (Å²) in [4.78, 5) is 25.0. The van der Waals surface area contributed by atoms with Crippen LogP contribution in [0.5, 0.6) is 0 Å². The molecule has 0 bridgehead atoms. The lowest BCUT2D eigenvalue weighted by atomic mass is 9.93. The highest BCUT2D eigenvalue weighted by molar-refractivity contribution is 6.21. The van der Waals surface area contributed by atoms with Gasteiger partial charge in [0.1, 0.15) is 5.50 Å². The highest BCUT2D eigenvalue weighted by atomic mass is 35.5. The Hall–Kier alpha value is -2.90. The summed E-state index contributed by atoms with van der Waals surface area (Å²) in [6.07, 6.45) is 1.70. The van der Waals surface area contributed by atoms with E-state index >= 15 is 0 Å². The third-order valence-electron chi connectivity index (χ3n) is 4.75. The maximum Gasteiger partial charge on any atom is 0.255 e. The first kappa shape index (κ1) is 20.8. The summed E-state index contributed by atoms with van der Waals surface area (Å²) < 4.78 is 1.74. The van der Waals surface area contributed by atoms with Gasteiger partial charge in [-0.25, -0.2) is 0 Å². The number of aliphatic hydroxyl groups is 1. The zero-order chi connectivity index (χ0) is 21.2. The van der Waals surface area contributed by atoms with Crippen LogP contribution in [0.1, 0.15) is 35.3 Å². The van der Waals surface area contributed by atoms with Crippen molar-refractivity contribution in [1.82, 2.24) is 15.1 Å². The van der Waals surface area contributed by atoms with Gasteiger partial charge in [-0.3, -0.25) is 14.3 Å². The molecular formula is C21H23ClN4O3. The van der Waals surface area contributed by atoms with Crippen molar-refractivity contribution in [2.45, 2.75) is 19.3 Å². The first-order valence-electron chi connectivity index (χ1n) is 9.11. The van der Waals surface area contributed by atoms with Gasteiger partial charge in [0.2, 0.25) is 5.91 Å². The Morgan fingerprint density at radius 3 is 2.69 bits per heavy atom. The van der Waals surface area contributed by atoms with Crippen molar-refractivity contribution < 1.29 is 14.7 Å². The summed E-state index contributed by atoms with van der Waals surface area (Å²) in [6, 6.07) is 12.3. The lowest BCUT2D eigenvalue weighted by Crippen LogP contribution is -2.39. The Bertz CT molecular complexity index is 1060. The Kier molecular flexibility index (Phi) is 5.91. The smallest absolute Gasteiger partial charge is 0.255 e. The number of aryl methyl sites for hydroxylation is 1. The number of aliphatic hydroxyl groups excluding tert-OH is 1. The Balaban J connectivity index is 1.78. The summed E-state index contributed by atoms with van der Waals surface area (Å²) >= 11 is 6.33. The predicted molar refractivity (Wildman–Crippen MR) is 113 cm³/mol. The van der Waals surface area contributed by atoms with Crippen LogP contribution in [0.25, 0.3) is 10.9 Å². The molecule has 3 aromatic rings. The number of anilines is 1. The molecular weight excluding hydrogens is 392 g/mol. The molecule has 152 valence electrons. The molecule has 1 atom stereocenters. The number of rotatable bonds is 6. The third kappa shape index (κ3) is 4.41. The average molecular weight is 415 g/mol. The fraction of sp³-hybridized carbons (Fsp3) is 0.286. The number of hydrogen-bond acceptors (Lipinski definition) is 4. The average Bonchev–Trinajstić information content (AvgIpc) is 3.10. The van der Waals surface area contributed by atoms with Crippen molar-refractivity contribution in [2.75, 3.05) is 11.9 Å². The molecule has 2 aromatic carbocycles. The van der Waals surface area contributed by atoms with E-state index in [0.717, 1.165) is 10.9 Å². The van der Waals surface area contributed by atoms with Gasteiger partial charge in [-0.2, -0.15) is 5.10 Å². The number of halogens is 1. The minimum absolute atomic E-state index is 0.297. The number of carbonyl (C=O) groups is 2. The number of aromatic nitrogens is 2. The largest absolute Gasteiger partial charge is 0.395 e. The van der Waals surface area contributed by atoms with Crippen molar-refractivity contribution in [3.63, 3.8) is 0 Å². The van der Waals surface area contributed by atoms with Gasteiger partial charge in [0.15, 0.2) is 0 Å². The predicted octanol–water partition coefficient (Wildman–Crippen LogP) is 3.20. The van der Waals surface area contributed by atoms with E-state index in [1.165, 1.54) is 0 Å². The molecule has 2 amide bonds. The van der Waals surface area contributed by atoms with Gasteiger partial charge in [-0.05, 0) is 43.7 Å². The maximum atomic E-state index is 12.8. The number of benzene rings is 2. The van der Waals surface area contributed by atoms with Gasteiger partial charge in [-0.1, -0.05) is 29.8 Å². The second-order valence-corrected chi connectivity index (χ2v) is 7.90. The molecule has 3 rings (SSSR count). The van der Waals surface area contributed by atoms with Crippen molar-refractivity contribution >= 4 is 40.0 Å². The highest BCUT2D eigenvalue weighted by Gasteiger charge is 2.28. The van der Waals surface area contributed by atoms with Gasteiger partial charge in [0.05, 0.1) is 29.4 Å². The Labute approximate surface area is 173 Å². The first-order chi connectivity index (χ1) is 13.7. The number of alkyl halides is 1. The Morgan fingerprint density at radius 1 is 1.24 bits per heavy atom. The zero-order valence-electron chi connectivity index (χ0n) is 16.4. The minimum atomic E-state index is -0.954. The standard InChI is InChI=1S/C21H23ClN4O3/c1-21(2,12-27)20(29)25-18(22)13-6-4-7-14(10-13)19(28)24-16-8-5-9-17-15(16)11-23-26(17)3/h4-11,18,27H,12H2,1-3H3,(H,24,28)(H,25,29). The fourth-order valence-electron chi connectivity index (χ4n) is 2.78. The van der Waals surface area contributed by atoms with E-state index in [1.54, 1.807) is 49.0 Å². The summed E-state index contributed by atoms with van der Waals surface area (Å²) in [5, 5.41) is 19.9. The van der Waals surface area contributed by atoms with Crippen LogP contribution < -0.4 is 10.6 Å². The van der Waals surface area contributed by atoms with Crippen LogP contribution in [0.3, 0.4) is 0 Å². The lowest BCUT2D eigenvalue weighted by molar-refractivity contribution is -0.131. The number of hydrogen-bond donors (Lipinski definition) is 3. The molecule has 0 aliphatic carbocycles. The lowest BCUT2D eigenvalue weighted by Gasteiger charge is -2.23. The van der Waals surface area contributed by atoms with Gasteiger partial charge in [-0.15, -0.1) is 0 Å². The van der Waals surface area contributed by atoms with Crippen LogP contribution in [0.4, 0.5) is 5.69 Å². The molecule has 0 aliphatic rings. The van der Waals surface area contributed by atoms with E-state index in [1.807, 2.05) is 25.2 Å². The van der Waals surface area contributed by atoms with E-state index in [4.69, 9.17) is 11.6 Å². The molecule has 0 spiro atoms. The number of fused-ring (bicyclic) bond motifs is 1. The van der Waals surface area contributed by atoms with Gasteiger partial charge >= 0.3 is 0 Å². The van der Waals surface area contributed by atoms with Crippen molar-refractivity contribution in [3.8, 4) is 0 Å². The zero-order valence-corrected chi connectivity index (χ0v) is 17.2. The topological polar surface area (TPSA) is 96.3 Å². The number of carbonyl (C=O) groups excluding carboxylic acids is 2. The molecule has 1 heterocycles. The van der Waals surface area contributed by atoms with Crippen LogP contribution in [-0.2, 0) is 11.8 Å². The summed E-state index contributed by atoms with van der Waals surface area (Å²) in [6.45, 7) is 2.94. The number of nitrogens with one attached hydrogen (secondary N) is 2. The number of nitrogens with zero attached hydrogens (tertiary/aromatic N) is 2. The summed E-state index contributed by atoms with van der Waals surface area (Å²) in [5.41, 5.74) is 0.761. The van der Waals surface area contributed by atoms with E-state index in [-0.39, 0.29) is 18.4 Å². The van der Waals surface area contributed by atoms with Crippen LogP contribution >= 0.6 is 11.6 Å². The quantitative estimate of drug-likeness (QED) is 0.426. The van der Waals surface area contributed by atoms with E-state index in [0.29, 0.717) is 16.8 Å². The van der Waals surface area contributed by atoms with Gasteiger partial charge in [0.25, 0.3) is 5.91 Å². The van der Waals surface area contributed by atoms with E-state index in [9.17, 15) is 14.7 Å². The Morgan fingerprint density at radius 2 is 1.97 bits per heavy atom. The van der Waals surface area contributed by atoms with Crippen molar-refractivity contribution in [2.24, 2.45) is 12.5 Å². The fourth-order valence-corrected chi connectivity index (χ4v) is 3.02. The SMILES string of the molecule is Cn1ncc2c(NC(=O)c3cccc(C(Cl)NC(=O)C(C)(C)CO)c3)cccc21. The normalized spacial score (nSPS) is 12.6. The second kappa shape index (κ2) is 8.23. The molecule has 3 N–H and O–H groups in total. The van der Waals surface area contributed by atoms with Crippen molar-refractivity contribution in [1.29, 1.82) is 0 Å². The van der Waals surface area contributed by atoms with Gasteiger partial charge in [0, 0.05) is 18.0 Å². The third-order valence-corrected chi connectivity index (χ3v) is 5.11. The second-order valence-electron chi connectivity index (χ2n) is 7.46. The molecule has 0 fully saturated rings. The van der Waals surface area contributed by atoms with Crippen LogP contribution in [-0.4, -0.2) is 33.3 Å². The van der Waals surface area contributed by atoms with Crippen LogP contribution in [0, 0.1) is 5.41 Å². The summed E-state index contributed by atoms with van der Waals surface area (Å²) in [7, 11) is 1.84. The molecule has 0 saturated heterocycles. The molecule has 1 unspecified atom stereocenters. The van der Waals surface area contributed by atoms with E-state index in [2.05, 4.69) is 15.7 Å². The van der Waals surface area contributed by atoms with E-state index < -0.39 is 10.9 Å². The summed E-state index contributed by atoms with van der Waals surface area (Å²) in [5.74, 6) is -0.674. The van der Waals surface area contributed by atoms with Gasteiger partial charge < -0.3 is 15.7 Å². The maximum absolute atomic E-state index is 12.8. The molecule has 1 aromatic heterocycles. The van der Waals surface area contributed by atoms with Crippen LogP contribution in [0.2, 0.25) is 0 Å². The monoisotopic (exact) mass is 414 g/mol. The minimum Gasteiger partial charge on any atom is -0.395 e. The highest BCUT2D eigenvalue weighted by Crippen LogP contribution is 2.25. The molecule has 0 saturated carbocycles. The molecule has 29 heavy (non-hydrogen) atoms. The van der Waals surface area contributed by atoms with Crippen molar-refractivity contribution in [3.05, 3.63) is 59.8 Å². The number of amides is 2. The van der Waals surface area contributed by atoms with Crippen LogP contribution in [0.15, 0.2) is 48.7 Å². The first-order valence-corrected chi connectivity index (χ1v) is 9.54. The molecule has 8 heteroatoms.